The monoisotopic (exact) mass is 98.0 g/mol. The van der Waals surface area contributed by atoms with E-state index in [9.17, 15) is 0 Å². The lowest BCUT2D eigenvalue weighted by Crippen LogP contribution is -1.81. The van der Waals surface area contributed by atoms with E-state index >= 15 is 0 Å². The quantitative estimate of drug-likeness (QED) is 0.329. The SMILES string of the molecule is O=C(O)O.[15NH3].[15NH3]. The first-order chi connectivity index (χ1) is 1.73. The predicted octanol–water partition coefficient (Wildman–Crippen LogP) is 0.546. The van der Waals surface area contributed by atoms with Crippen molar-refractivity contribution in [2.24, 2.45) is 0 Å². The van der Waals surface area contributed by atoms with Gasteiger partial charge in [0.1, 0.15) is 0 Å². The first-order valence-electron chi connectivity index (χ1n) is 0.651. The molecule has 0 saturated carbocycles. The summed E-state index contributed by atoms with van der Waals surface area (Å²) in [5, 5.41) is 13.9. The number of hydrogen-bond donors (Lipinski definition) is 4. The molecule has 40 valence electrons. The van der Waals surface area contributed by atoms with E-state index in [0.29, 0.717) is 0 Å². The molecule has 0 aromatic carbocycles. The van der Waals surface area contributed by atoms with Crippen molar-refractivity contribution >= 4 is 6.16 Å². The average molecular weight is 98.1 g/mol. The molecule has 0 bridgehead atoms. The number of rotatable bonds is 0. The van der Waals surface area contributed by atoms with Crippen molar-refractivity contribution in [3.05, 3.63) is 0 Å². The smallest absolute Gasteiger partial charge is 0.450 e. The largest absolute Gasteiger partial charge is 0.503 e. The first-order valence-corrected chi connectivity index (χ1v) is 0.651. The van der Waals surface area contributed by atoms with E-state index in [1.807, 2.05) is 0 Å². The van der Waals surface area contributed by atoms with Gasteiger partial charge in [0.2, 0.25) is 0 Å². The Labute approximate surface area is 34.8 Å². The minimum atomic E-state index is -1.83. The van der Waals surface area contributed by atoms with Crippen LogP contribution in [0, 0.1) is 0 Å². The Morgan fingerprint density at radius 3 is 1.17 bits per heavy atom. The Morgan fingerprint density at radius 2 is 1.17 bits per heavy atom. The molecule has 8 N–H and O–H groups in total. The lowest BCUT2D eigenvalue weighted by molar-refractivity contribution is 0.137. The van der Waals surface area contributed by atoms with Gasteiger partial charge in [-0.25, -0.2) is 4.79 Å². The zero-order valence-electron chi connectivity index (χ0n) is 3.22. The summed E-state index contributed by atoms with van der Waals surface area (Å²) < 4.78 is 0. The molecule has 0 unspecified atom stereocenters. The molecule has 0 spiro atoms. The molecular weight excluding hydrogens is 90.0 g/mol. The molecular formula is CH8N2O3. The van der Waals surface area contributed by atoms with E-state index in [1.54, 1.807) is 0 Å². The molecule has 0 radical (unpaired) electrons. The Kier molecular flexibility index (Phi) is 28.1. The van der Waals surface area contributed by atoms with Crippen molar-refractivity contribution in [1.29, 1.82) is 0 Å². The van der Waals surface area contributed by atoms with Gasteiger partial charge in [-0.2, -0.15) is 0 Å². The van der Waals surface area contributed by atoms with Crippen LogP contribution in [0.25, 0.3) is 0 Å². The van der Waals surface area contributed by atoms with Crippen LogP contribution in [0.4, 0.5) is 4.79 Å². The standard InChI is InChI=1S/CH2O3.2H3N/c2-1(3)4;;/h(H2,2,3,4);2*1H3/i;2*1+1. The summed E-state index contributed by atoms with van der Waals surface area (Å²) in [6, 6.07) is 0. The second-order valence-corrected chi connectivity index (χ2v) is 0.283. The van der Waals surface area contributed by atoms with Crippen LogP contribution in [0.15, 0.2) is 0 Å². The Balaban J connectivity index is -0.0000000450. The van der Waals surface area contributed by atoms with Gasteiger partial charge < -0.3 is 22.5 Å². The summed E-state index contributed by atoms with van der Waals surface area (Å²) in [6.07, 6.45) is -1.83. The van der Waals surface area contributed by atoms with Gasteiger partial charge in [-0.1, -0.05) is 0 Å². The normalized spacial score (nSPS) is 4.00. The van der Waals surface area contributed by atoms with Crippen molar-refractivity contribution in [2.45, 2.75) is 0 Å². The van der Waals surface area contributed by atoms with Gasteiger partial charge >= 0.3 is 6.16 Å². The molecule has 0 heterocycles. The van der Waals surface area contributed by atoms with Gasteiger partial charge in [0.05, 0.1) is 0 Å². The maximum Gasteiger partial charge on any atom is 0.503 e. The van der Waals surface area contributed by atoms with Crippen molar-refractivity contribution in [2.75, 3.05) is 0 Å². The molecule has 5 nitrogen and oxygen atoms in total. The van der Waals surface area contributed by atoms with Gasteiger partial charge in [0, 0.05) is 0 Å². The molecule has 0 aliphatic carbocycles. The molecule has 0 atom stereocenters. The summed E-state index contributed by atoms with van der Waals surface area (Å²) in [5.74, 6) is 0. The zero-order valence-corrected chi connectivity index (χ0v) is 3.22. The predicted molar refractivity (Wildman–Crippen MR) is 20.7 cm³/mol. The average Bonchev–Trinajstić information content (AvgIpc) is 0.811. The summed E-state index contributed by atoms with van der Waals surface area (Å²) in [6.45, 7) is 0. The molecule has 5 heteroatoms. The molecule has 0 saturated heterocycles. The molecule has 6 heavy (non-hydrogen) atoms. The Bertz CT molecular complexity index is 31.8. The van der Waals surface area contributed by atoms with Crippen molar-refractivity contribution in [3.63, 3.8) is 0 Å². The van der Waals surface area contributed by atoms with Crippen molar-refractivity contribution in [1.82, 2.24) is 12.3 Å². The Hall–Kier alpha value is -0.810. The summed E-state index contributed by atoms with van der Waals surface area (Å²) in [4.78, 5) is 8.56. The lowest BCUT2D eigenvalue weighted by Gasteiger charge is -1.60. The van der Waals surface area contributed by atoms with Crippen LogP contribution >= 0.6 is 0 Å². The second kappa shape index (κ2) is 8.89. The molecule has 0 aromatic heterocycles. The molecule has 0 aliphatic rings. The van der Waals surface area contributed by atoms with E-state index in [-0.39, 0.29) is 12.3 Å². The summed E-state index contributed by atoms with van der Waals surface area (Å²) >= 11 is 0. The van der Waals surface area contributed by atoms with Crippen LogP contribution in [-0.4, -0.2) is 16.4 Å². The first kappa shape index (κ1) is 19.0. The van der Waals surface area contributed by atoms with E-state index in [1.165, 1.54) is 0 Å². The minimum absolute atomic E-state index is 0. The van der Waals surface area contributed by atoms with E-state index in [2.05, 4.69) is 0 Å². The van der Waals surface area contributed by atoms with Crippen LogP contribution in [0.2, 0.25) is 0 Å². The van der Waals surface area contributed by atoms with Crippen LogP contribution in [-0.2, 0) is 0 Å². The maximum atomic E-state index is 8.56. The molecule has 0 amide bonds. The van der Waals surface area contributed by atoms with Crippen LogP contribution < -0.4 is 12.3 Å². The van der Waals surface area contributed by atoms with Gasteiger partial charge in [-0.15, -0.1) is 0 Å². The number of carboxylic acid groups (broad SMARTS) is 2. The lowest BCUT2D eigenvalue weighted by atomic mass is 11.5. The Morgan fingerprint density at radius 1 is 1.17 bits per heavy atom. The number of hydrogen-bond acceptors (Lipinski definition) is 3. The van der Waals surface area contributed by atoms with E-state index in [0.717, 1.165) is 0 Å². The maximum absolute atomic E-state index is 8.56. The molecule has 0 aromatic rings. The number of carbonyl (C=O) groups is 1. The van der Waals surface area contributed by atoms with Gasteiger partial charge in [0.25, 0.3) is 0 Å². The van der Waals surface area contributed by atoms with Gasteiger partial charge in [-0.05, 0) is 0 Å². The third-order valence-electron chi connectivity index (χ3n) is 0. The fraction of sp³-hybridized carbons (Fsp3) is 0. The topological polar surface area (TPSA) is 128 Å². The summed E-state index contributed by atoms with van der Waals surface area (Å²) in [5.41, 5.74) is 0. The van der Waals surface area contributed by atoms with E-state index < -0.39 is 6.16 Å². The molecule has 0 aliphatic heterocycles. The third-order valence-corrected chi connectivity index (χ3v) is 0. The third kappa shape index (κ3) is 23.3. The molecule has 0 fully saturated rings. The highest BCUT2D eigenvalue weighted by atomic mass is 16.6. The van der Waals surface area contributed by atoms with Crippen molar-refractivity contribution < 1.29 is 15.0 Å². The second-order valence-electron chi connectivity index (χ2n) is 0.283. The fourth-order valence-corrected chi connectivity index (χ4v) is 0. The summed E-state index contributed by atoms with van der Waals surface area (Å²) in [7, 11) is 0. The van der Waals surface area contributed by atoms with Crippen LogP contribution in [0.1, 0.15) is 0 Å². The molecule has 0 rings (SSSR count). The highest BCUT2D eigenvalue weighted by Gasteiger charge is 1.70. The highest BCUT2D eigenvalue weighted by Crippen LogP contribution is 1.42. The van der Waals surface area contributed by atoms with Crippen LogP contribution in [0.3, 0.4) is 0 Å². The van der Waals surface area contributed by atoms with Crippen LogP contribution in [0.5, 0.6) is 0 Å². The van der Waals surface area contributed by atoms with Gasteiger partial charge in [0.15, 0.2) is 0 Å². The fourth-order valence-electron chi connectivity index (χ4n) is 0. The van der Waals surface area contributed by atoms with Gasteiger partial charge in [-0.3, -0.25) is 0 Å². The highest BCUT2D eigenvalue weighted by molar-refractivity contribution is 5.53. The minimum Gasteiger partial charge on any atom is -0.450 e. The van der Waals surface area contributed by atoms with E-state index in [4.69, 9.17) is 15.0 Å². The van der Waals surface area contributed by atoms with Crippen molar-refractivity contribution in [3.8, 4) is 0 Å². The zero-order chi connectivity index (χ0) is 3.58.